The minimum Gasteiger partial charge on any atom is -0.309 e. The van der Waals surface area contributed by atoms with Gasteiger partial charge in [-0.25, -0.2) is 4.98 Å². The largest absolute Gasteiger partial charge is 0.309 e. The molecular weight excluding hydrogens is 635 g/mol. The van der Waals surface area contributed by atoms with Crippen LogP contribution in [0.2, 0.25) is 0 Å². The van der Waals surface area contributed by atoms with E-state index in [2.05, 4.69) is 158 Å². The lowest BCUT2D eigenvalue weighted by molar-refractivity contribution is 0.332. The van der Waals surface area contributed by atoms with E-state index in [9.17, 15) is 0 Å². The molecule has 0 saturated heterocycles. The molecule has 0 spiro atoms. The highest BCUT2D eigenvalue weighted by molar-refractivity contribution is 6.10. The molecule has 1 aliphatic carbocycles. The zero-order valence-corrected chi connectivity index (χ0v) is 29.9. The summed E-state index contributed by atoms with van der Waals surface area (Å²) < 4.78 is 4.60. The molecule has 0 atom stereocenters. The molecule has 0 amide bonds. The van der Waals surface area contributed by atoms with Crippen LogP contribution in [0, 0.1) is 0 Å². The summed E-state index contributed by atoms with van der Waals surface area (Å²) in [6, 6.07) is 49.6. The molecule has 52 heavy (non-hydrogen) atoms. The molecule has 6 aromatic carbocycles. The van der Waals surface area contributed by atoms with E-state index in [0.717, 1.165) is 27.8 Å². The number of rotatable bonds is 4. The number of nitrogens with zero attached hydrogens (tertiary/aromatic N) is 5. The molecular formula is C47H39N5. The van der Waals surface area contributed by atoms with Gasteiger partial charge >= 0.3 is 0 Å². The second kappa shape index (κ2) is 11.2. The van der Waals surface area contributed by atoms with Gasteiger partial charge in [0.15, 0.2) is 11.6 Å². The predicted molar refractivity (Wildman–Crippen MR) is 215 cm³/mol. The van der Waals surface area contributed by atoms with Crippen molar-refractivity contribution < 1.29 is 0 Å². The molecule has 0 aliphatic heterocycles. The lowest BCUT2D eigenvalue weighted by Gasteiger charge is -2.42. The van der Waals surface area contributed by atoms with Gasteiger partial charge in [0.2, 0.25) is 5.95 Å². The van der Waals surface area contributed by atoms with Gasteiger partial charge in [-0.15, -0.1) is 0 Å². The molecule has 0 N–H and O–H groups in total. The minimum atomic E-state index is 0.101. The van der Waals surface area contributed by atoms with Crippen molar-refractivity contribution in [1.29, 1.82) is 0 Å². The van der Waals surface area contributed by atoms with Crippen molar-refractivity contribution >= 4 is 43.6 Å². The number of para-hydroxylation sites is 3. The maximum absolute atomic E-state index is 5.24. The van der Waals surface area contributed by atoms with E-state index < -0.39 is 0 Å². The first kappa shape index (κ1) is 30.7. The van der Waals surface area contributed by atoms with Gasteiger partial charge in [-0.3, -0.25) is 4.57 Å². The van der Waals surface area contributed by atoms with E-state index >= 15 is 0 Å². The molecule has 0 unspecified atom stereocenters. The maximum Gasteiger partial charge on any atom is 0.238 e. The van der Waals surface area contributed by atoms with Crippen molar-refractivity contribution in [2.75, 3.05) is 0 Å². The van der Waals surface area contributed by atoms with Gasteiger partial charge in [0.25, 0.3) is 0 Å². The van der Waals surface area contributed by atoms with Gasteiger partial charge in [0.1, 0.15) is 0 Å². The molecule has 252 valence electrons. The van der Waals surface area contributed by atoms with Crippen LogP contribution in [0.3, 0.4) is 0 Å². The first-order valence-corrected chi connectivity index (χ1v) is 18.3. The fourth-order valence-electron chi connectivity index (χ4n) is 8.54. The van der Waals surface area contributed by atoms with Crippen LogP contribution in [0.1, 0.15) is 51.7 Å². The van der Waals surface area contributed by atoms with E-state index in [4.69, 9.17) is 15.0 Å². The predicted octanol–water partition coefficient (Wildman–Crippen LogP) is 11.7. The SMILES string of the molecule is CC1(C)CCC(C)(C)c2cc3c(cc21)c1ccccc1n3-c1cccc(-c2nc(-c3ccccc3)nc(-n3c4ccccc4c4ccccc43)n2)c1. The van der Waals surface area contributed by atoms with E-state index in [1.807, 2.05) is 18.2 Å². The van der Waals surface area contributed by atoms with Gasteiger partial charge < -0.3 is 4.57 Å². The molecule has 3 aromatic heterocycles. The van der Waals surface area contributed by atoms with Crippen LogP contribution in [0.25, 0.3) is 78.0 Å². The summed E-state index contributed by atoms with van der Waals surface area (Å²) in [6.45, 7) is 9.61. The normalized spacial score (nSPS) is 15.1. The Morgan fingerprint density at radius 2 is 0.923 bits per heavy atom. The molecule has 10 rings (SSSR count). The second-order valence-electron chi connectivity index (χ2n) is 15.6. The third kappa shape index (κ3) is 4.65. The fraction of sp³-hybridized carbons (Fsp3) is 0.170. The molecule has 0 radical (unpaired) electrons. The summed E-state index contributed by atoms with van der Waals surface area (Å²) in [6.07, 6.45) is 2.36. The Labute approximate surface area is 303 Å². The Kier molecular flexibility index (Phi) is 6.63. The maximum atomic E-state index is 5.24. The molecule has 5 heteroatoms. The molecule has 1 aliphatic rings. The van der Waals surface area contributed by atoms with Crippen LogP contribution >= 0.6 is 0 Å². The van der Waals surface area contributed by atoms with Crippen molar-refractivity contribution in [2.45, 2.75) is 51.4 Å². The van der Waals surface area contributed by atoms with Crippen LogP contribution in [0.15, 0.2) is 140 Å². The van der Waals surface area contributed by atoms with E-state index in [1.54, 1.807) is 0 Å². The Morgan fingerprint density at radius 3 is 1.56 bits per heavy atom. The Morgan fingerprint density at radius 1 is 0.423 bits per heavy atom. The monoisotopic (exact) mass is 673 g/mol. The van der Waals surface area contributed by atoms with Crippen LogP contribution in [0.5, 0.6) is 0 Å². The summed E-state index contributed by atoms with van der Waals surface area (Å²) in [5.74, 6) is 1.87. The molecule has 5 nitrogen and oxygen atoms in total. The zero-order valence-electron chi connectivity index (χ0n) is 29.9. The molecule has 9 aromatic rings. The van der Waals surface area contributed by atoms with Crippen molar-refractivity contribution in [3.63, 3.8) is 0 Å². The van der Waals surface area contributed by atoms with Crippen LogP contribution in [-0.4, -0.2) is 24.1 Å². The summed E-state index contributed by atoms with van der Waals surface area (Å²) in [4.78, 5) is 15.5. The average Bonchev–Trinajstić information content (AvgIpc) is 3.69. The van der Waals surface area contributed by atoms with Gasteiger partial charge in [-0.05, 0) is 77.3 Å². The number of aromatic nitrogens is 5. The zero-order chi connectivity index (χ0) is 35.2. The highest BCUT2D eigenvalue weighted by Crippen LogP contribution is 2.48. The standard InChI is InChI=1S/C47H39N5/c1-46(2)25-26-47(3,4)38-29-42-36(28-37(38)46)35-21-10-11-22-39(35)51(42)32-18-14-17-31(27-32)44-48-43(30-15-6-5-7-16-30)49-45(50-44)52-40-23-12-8-19-33(40)34-20-9-13-24-41(34)52/h5-24,27-29H,25-26H2,1-4H3. The highest BCUT2D eigenvalue weighted by Gasteiger charge is 2.38. The number of hydrogen-bond donors (Lipinski definition) is 0. The first-order chi connectivity index (χ1) is 25.3. The van der Waals surface area contributed by atoms with Gasteiger partial charge in [-0.1, -0.05) is 125 Å². The van der Waals surface area contributed by atoms with Gasteiger partial charge in [0, 0.05) is 38.4 Å². The van der Waals surface area contributed by atoms with E-state index in [1.165, 1.54) is 56.5 Å². The quantitative estimate of drug-likeness (QED) is 0.187. The topological polar surface area (TPSA) is 48.5 Å². The number of benzene rings is 6. The molecule has 0 fully saturated rings. The lowest BCUT2D eigenvalue weighted by atomic mass is 9.63. The Hall–Kier alpha value is -6.07. The number of fused-ring (bicyclic) bond motifs is 7. The Balaban J connectivity index is 1.21. The summed E-state index contributed by atoms with van der Waals surface area (Å²) in [5, 5.41) is 4.91. The Bertz CT molecular complexity index is 2800. The number of hydrogen-bond acceptors (Lipinski definition) is 3. The van der Waals surface area contributed by atoms with Gasteiger partial charge in [-0.2, -0.15) is 9.97 Å². The average molecular weight is 674 g/mol. The van der Waals surface area contributed by atoms with Crippen molar-refractivity contribution in [3.8, 4) is 34.4 Å². The van der Waals surface area contributed by atoms with Crippen LogP contribution in [0.4, 0.5) is 0 Å². The minimum absolute atomic E-state index is 0.101. The van der Waals surface area contributed by atoms with E-state index in [0.29, 0.717) is 17.6 Å². The molecule has 3 heterocycles. The second-order valence-corrected chi connectivity index (χ2v) is 15.6. The highest BCUT2D eigenvalue weighted by atomic mass is 15.2. The van der Waals surface area contributed by atoms with Crippen LogP contribution < -0.4 is 0 Å². The summed E-state index contributed by atoms with van der Waals surface area (Å²) in [7, 11) is 0. The lowest BCUT2D eigenvalue weighted by Crippen LogP contribution is -2.33. The summed E-state index contributed by atoms with van der Waals surface area (Å²) in [5.41, 5.74) is 10.7. The fourth-order valence-corrected chi connectivity index (χ4v) is 8.54. The third-order valence-electron chi connectivity index (χ3n) is 11.4. The van der Waals surface area contributed by atoms with Crippen molar-refractivity contribution in [3.05, 3.63) is 151 Å². The smallest absolute Gasteiger partial charge is 0.238 e. The molecule has 0 saturated carbocycles. The first-order valence-electron chi connectivity index (χ1n) is 18.3. The van der Waals surface area contributed by atoms with Crippen molar-refractivity contribution in [1.82, 2.24) is 24.1 Å². The van der Waals surface area contributed by atoms with Gasteiger partial charge in [0.05, 0.1) is 22.1 Å². The molecule has 0 bridgehead atoms. The van der Waals surface area contributed by atoms with Crippen LogP contribution in [-0.2, 0) is 10.8 Å². The van der Waals surface area contributed by atoms with E-state index in [-0.39, 0.29) is 10.8 Å². The van der Waals surface area contributed by atoms with Crippen molar-refractivity contribution in [2.24, 2.45) is 0 Å². The summed E-state index contributed by atoms with van der Waals surface area (Å²) >= 11 is 0. The third-order valence-corrected chi connectivity index (χ3v) is 11.4.